The quantitative estimate of drug-likeness (QED) is 0.371. The maximum absolute atomic E-state index is 9.77. The van der Waals surface area contributed by atoms with E-state index in [4.69, 9.17) is 9.22 Å². The summed E-state index contributed by atoms with van der Waals surface area (Å²) in [5.41, 5.74) is 1.61. The fraction of sp³-hybridized carbons (Fsp3) is 0. The summed E-state index contributed by atoms with van der Waals surface area (Å²) in [5.74, 6) is -0.892. The molecule has 5 heteroatoms. The van der Waals surface area contributed by atoms with Gasteiger partial charge in [-0.2, -0.15) is 0 Å². The molecule has 46 valence electrons. The summed E-state index contributed by atoms with van der Waals surface area (Å²) in [4.78, 5) is 9.77. The van der Waals surface area contributed by atoms with Gasteiger partial charge < -0.3 is 9.22 Å². The molecule has 0 bridgehead atoms. The molecule has 0 radical (unpaired) electrons. The van der Waals surface area contributed by atoms with Gasteiger partial charge in [-0.05, 0) is 0 Å². The van der Waals surface area contributed by atoms with E-state index in [9.17, 15) is 4.79 Å². The Morgan fingerprint density at radius 2 is 2.50 bits per heavy atom. The first kappa shape index (κ1) is 7.60. The average molecular weight is 148 g/mol. The molecule has 0 aliphatic heterocycles. The molecule has 8 heavy (non-hydrogen) atoms. The van der Waals surface area contributed by atoms with Crippen LogP contribution in [-0.2, 0) is 8.91 Å². The van der Waals surface area contributed by atoms with Gasteiger partial charge >= 0.3 is 5.97 Å². The van der Waals surface area contributed by atoms with Crippen LogP contribution in [0.3, 0.4) is 0 Å². The average Bonchev–Trinajstić information content (AvgIpc) is 1.66. The molecule has 3 nitrogen and oxygen atoms in total. The minimum absolute atomic E-state index is 0.621. The first-order valence-corrected chi connectivity index (χ1v) is 4.37. The Bertz CT molecular complexity index is 101. The molecular formula is C3H8O3Si2. The van der Waals surface area contributed by atoms with E-state index in [1.807, 2.05) is 0 Å². The normalized spacial score (nSPS) is 12.0. The highest BCUT2D eigenvalue weighted by atomic mass is 28.3. The van der Waals surface area contributed by atoms with Crippen LogP contribution in [0, 0.1) is 0 Å². The third-order valence-electron chi connectivity index (χ3n) is 0.523. The van der Waals surface area contributed by atoms with Crippen molar-refractivity contribution in [2.24, 2.45) is 0 Å². The highest BCUT2D eigenvalue weighted by Gasteiger charge is 1.81. The molecule has 0 saturated carbocycles. The lowest BCUT2D eigenvalue weighted by atomic mass is 10.7. The standard InChI is InChI=1S/C3H8O3Si2/c4-3(5)1-2-8-6-7/h1-2H,8H2,7H3,(H,4,5). The second-order valence-corrected chi connectivity index (χ2v) is 4.31. The molecule has 0 amide bonds. The maximum atomic E-state index is 9.77. The van der Waals surface area contributed by atoms with Crippen molar-refractivity contribution in [3.63, 3.8) is 0 Å². The second-order valence-electron chi connectivity index (χ2n) is 1.20. The Morgan fingerprint density at radius 3 is 2.88 bits per heavy atom. The second kappa shape index (κ2) is 4.76. The van der Waals surface area contributed by atoms with Crippen LogP contribution in [0.1, 0.15) is 0 Å². The van der Waals surface area contributed by atoms with E-state index in [0.29, 0.717) is 10.5 Å². The number of aliphatic carboxylic acids is 1. The van der Waals surface area contributed by atoms with E-state index >= 15 is 0 Å². The topological polar surface area (TPSA) is 46.5 Å². The fourth-order valence-electron chi connectivity index (χ4n) is 0.245. The van der Waals surface area contributed by atoms with E-state index in [0.717, 1.165) is 6.08 Å². The van der Waals surface area contributed by atoms with Crippen LogP contribution < -0.4 is 0 Å². The van der Waals surface area contributed by atoms with Crippen molar-refractivity contribution in [2.75, 3.05) is 0 Å². The highest BCUT2D eigenvalue weighted by molar-refractivity contribution is 6.40. The van der Waals surface area contributed by atoms with Gasteiger partial charge in [0, 0.05) is 6.08 Å². The van der Waals surface area contributed by atoms with Crippen molar-refractivity contribution in [3.8, 4) is 0 Å². The van der Waals surface area contributed by atoms with Gasteiger partial charge in [0.2, 0.25) is 0 Å². The minimum atomic E-state index is -0.892. The molecule has 0 spiro atoms. The zero-order valence-corrected chi connectivity index (χ0v) is 8.04. The lowest BCUT2D eigenvalue weighted by Crippen LogP contribution is -1.92. The molecular weight excluding hydrogens is 140 g/mol. The molecule has 0 fully saturated rings. The molecule has 0 aliphatic carbocycles. The molecule has 0 aromatic heterocycles. The van der Waals surface area contributed by atoms with Crippen molar-refractivity contribution in [1.29, 1.82) is 0 Å². The zero-order chi connectivity index (χ0) is 6.41. The summed E-state index contributed by atoms with van der Waals surface area (Å²) < 4.78 is 4.82. The van der Waals surface area contributed by atoms with Crippen LogP contribution in [0.15, 0.2) is 11.8 Å². The van der Waals surface area contributed by atoms with Crippen molar-refractivity contribution in [3.05, 3.63) is 11.8 Å². The summed E-state index contributed by atoms with van der Waals surface area (Å²) in [6, 6.07) is 0. The SMILES string of the molecule is O=C(O)C=C[SiH2]O[SiH3]. The van der Waals surface area contributed by atoms with E-state index in [1.165, 1.54) is 0 Å². The van der Waals surface area contributed by atoms with E-state index in [1.54, 1.807) is 5.70 Å². The van der Waals surface area contributed by atoms with E-state index in [-0.39, 0.29) is 0 Å². The van der Waals surface area contributed by atoms with E-state index in [2.05, 4.69) is 0 Å². The summed E-state index contributed by atoms with van der Waals surface area (Å²) >= 11 is 0. The molecule has 0 saturated heterocycles. The van der Waals surface area contributed by atoms with Gasteiger partial charge in [0.25, 0.3) is 0 Å². The minimum Gasteiger partial charge on any atom is -0.478 e. The number of rotatable bonds is 3. The fourth-order valence-corrected chi connectivity index (χ4v) is 1.31. The van der Waals surface area contributed by atoms with Gasteiger partial charge in [-0.1, -0.05) is 5.70 Å². The Balaban J connectivity index is 3.20. The van der Waals surface area contributed by atoms with Gasteiger partial charge in [0.1, 0.15) is 10.5 Å². The Morgan fingerprint density at radius 1 is 1.88 bits per heavy atom. The lowest BCUT2D eigenvalue weighted by molar-refractivity contribution is -0.131. The van der Waals surface area contributed by atoms with Gasteiger partial charge in [0.05, 0.1) is 0 Å². The Hall–Kier alpha value is -0.396. The number of carbonyl (C=O) groups is 1. The monoisotopic (exact) mass is 148 g/mol. The van der Waals surface area contributed by atoms with E-state index < -0.39 is 15.7 Å². The summed E-state index contributed by atoms with van der Waals surface area (Å²) in [6.45, 7) is 0. The zero-order valence-electron chi connectivity index (χ0n) is 4.63. The molecule has 0 heterocycles. The molecule has 0 aromatic rings. The smallest absolute Gasteiger partial charge is 0.327 e. The predicted molar refractivity (Wildman–Crippen MR) is 36.3 cm³/mol. The third kappa shape index (κ3) is 5.60. The van der Waals surface area contributed by atoms with Crippen LogP contribution >= 0.6 is 0 Å². The number of carboxylic acids is 1. The van der Waals surface area contributed by atoms with Gasteiger partial charge in [-0.25, -0.2) is 4.79 Å². The number of hydrogen-bond acceptors (Lipinski definition) is 2. The lowest BCUT2D eigenvalue weighted by Gasteiger charge is -1.83. The van der Waals surface area contributed by atoms with Crippen molar-refractivity contribution in [2.45, 2.75) is 0 Å². The molecule has 0 atom stereocenters. The molecule has 0 unspecified atom stereocenters. The van der Waals surface area contributed by atoms with Crippen molar-refractivity contribution >= 4 is 26.2 Å². The van der Waals surface area contributed by atoms with Crippen LogP contribution in [0.25, 0.3) is 0 Å². The molecule has 0 aromatic carbocycles. The number of carboxylic acid groups (broad SMARTS) is 1. The third-order valence-corrected chi connectivity index (χ3v) is 2.28. The van der Waals surface area contributed by atoms with Crippen LogP contribution in [-0.4, -0.2) is 31.3 Å². The van der Waals surface area contributed by atoms with Gasteiger partial charge in [0.15, 0.2) is 9.76 Å². The van der Waals surface area contributed by atoms with Crippen LogP contribution in [0.5, 0.6) is 0 Å². The largest absolute Gasteiger partial charge is 0.478 e. The summed E-state index contributed by atoms with van der Waals surface area (Å²) in [6.07, 6.45) is 1.13. The van der Waals surface area contributed by atoms with Crippen LogP contribution in [0.2, 0.25) is 0 Å². The van der Waals surface area contributed by atoms with Crippen LogP contribution in [0.4, 0.5) is 0 Å². The first-order valence-electron chi connectivity index (χ1n) is 2.15. The maximum Gasteiger partial charge on any atom is 0.327 e. The van der Waals surface area contributed by atoms with Crippen molar-refractivity contribution < 1.29 is 14.0 Å². The van der Waals surface area contributed by atoms with Gasteiger partial charge in [-0.3, -0.25) is 0 Å². The Kier molecular flexibility index (Phi) is 4.52. The molecule has 0 aliphatic rings. The molecule has 0 rings (SSSR count). The summed E-state index contributed by atoms with van der Waals surface area (Å²) in [5, 5.41) is 8.03. The number of hydrogen-bond donors (Lipinski definition) is 1. The van der Waals surface area contributed by atoms with Gasteiger partial charge in [-0.15, -0.1) is 0 Å². The highest BCUT2D eigenvalue weighted by Crippen LogP contribution is 1.68. The Labute approximate surface area is 52.8 Å². The predicted octanol–water partition coefficient (Wildman–Crippen LogP) is -2.03. The summed E-state index contributed by atoms with van der Waals surface area (Å²) in [7, 11) is 0.0959. The molecule has 1 N–H and O–H groups in total. The van der Waals surface area contributed by atoms with Crippen molar-refractivity contribution in [1.82, 2.24) is 0 Å². The first-order chi connectivity index (χ1) is 3.77.